The Balaban J connectivity index is 1.67. The van der Waals surface area contributed by atoms with Crippen molar-refractivity contribution in [1.82, 2.24) is 20.9 Å². The normalized spacial score (nSPS) is 30.1. The molecule has 3 aliphatic heterocycles. The molecular formula is C52H102N4O29P4S4. The van der Waals surface area contributed by atoms with E-state index in [9.17, 15) is 74.8 Å². The molecule has 3 aliphatic rings. The molecule has 0 aromatic carbocycles. The topological polar surface area (TPSA) is 463 Å². The fraction of sp³-hybridized carbons (Fsp3) is 0.942. The van der Waals surface area contributed by atoms with E-state index >= 15 is 0 Å². The van der Waals surface area contributed by atoms with Crippen LogP contribution in [0, 0.1) is 5.92 Å². The first-order valence-corrected chi connectivity index (χ1v) is 41.1. The van der Waals surface area contributed by atoms with Crippen LogP contribution in [0.3, 0.4) is 0 Å². The predicted octanol–water partition coefficient (Wildman–Crippen LogP) is -0.486. The number of ether oxygens (including phenoxy) is 6. The van der Waals surface area contributed by atoms with Gasteiger partial charge in [0.25, 0.3) is 0 Å². The molecule has 93 heavy (non-hydrogen) atoms. The summed E-state index contributed by atoms with van der Waals surface area (Å²) in [6.45, 7) is -10.7. The van der Waals surface area contributed by atoms with Gasteiger partial charge in [-0.25, -0.2) is 0 Å². The van der Waals surface area contributed by atoms with E-state index in [1.807, 2.05) is 7.05 Å². The first kappa shape index (κ1) is 87.1. The minimum atomic E-state index is -3.81. The number of amides is 3. The average molecular weight is 1500 g/mol. The summed E-state index contributed by atoms with van der Waals surface area (Å²) < 4.78 is 79.0. The van der Waals surface area contributed by atoms with E-state index in [0.717, 1.165) is 0 Å². The Hall–Kier alpha value is -0.0700. The van der Waals surface area contributed by atoms with Gasteiger partial charge in [0.2, 0.25) is 17.7 Å². The van der Waals surface area contributed by atoms with Gasteiger partial charge in [-0.3, -0.25) is 14.4 Å². The van der Waals surface area contributed by atoms with Crippen molar-refractivity contribution in [2.75, 3.05) is 107 Å². The van der Waals surface area contributed by atoms with Gasteiger partial charge in [-0.1, -0.05) is 6.92 Å². The van der Waals surface area contributed by atoms with E-state index in [0.29, 0.717) is 90.0 Å². The van der Waals surface area contributed by atoms with E-state index in [-0.39, 0.29) is 72.7 Å². The van der Waals surface area contributed by atoms with Crippen LogP contribution in [-0.2, 0) is 126 Å². The van der Waals surface area contributed by atoms with Crippen LogP contribution in [0.15, 0.2) is 0 Å². The van der Waals surface area contributed by atoms with Crippen LogP contribution < -0.4 is 16.0 Å². The van der Waals surface area contributed by atoms with E-state index in [1.54, 1.807) is 6.92 Å². The fourth-order valence-electron chi connectivity index (χ4n) is 10.4. The summed E-state index contributed by atoms with van der Waals surface area (Å²) in [6, 6.07) is -3.12. The molecule has 20 atom stereocenters. The zero-order valence-electron chi connectivity index (χ0n) is 53.4. The zero-order valence-corrected chi connectivity index (χ0v) is 60.3. The van der Waals surface area contributed by atoms with Gasteiger partial charge in [0.15, 0.2) is 18.9 Å². The number of hydrogen-bond donors (Lipinski definition) is 15. The standard InChI is InChI=1S/C52H102N4O29P4S4/c1-34-38(31-57)83-49(41(44(34)63)53-35(2)60)73-21-7-10-24-77-87(69,91)80-27-13-17-52(56(5)20-16-30-76-86(68,90)72-6,18-14-28-81-88(70,92)78-25-11-8-22-74-50-42(54-36(3)61)47(66)45(64)39(32-58)84-50)19-15-29-82-89(71,93)79-26-12-9-23-75-51-43(55-37(4)62)48(67)46(65)40(33-59)85-51/h34,38-51,57-59,63-67H,7-33H2,1-6H3,(H,53,60)(H,54,61)(H,55,62)(H,68,90)(H,69,91)(H,70,92)(H,71,93)/t34-,38?,39?,40?,41-,42-,43?,44?,45-,46-,47?,48+,49+,50+,51+,52?,86?,87?,88?,89?/m0/s1. The van der Waals surface area contributed by atoms with E-state index in [2.05, 4.69) is 20.9 Å². The summed E-state index contributed by atoms with van der Waals surface area (Å²) in [7, 11) is 3.11. The van der Waals surface area contributed by atoms with Crippen molar-refractivity contribution in [3.63, 3.8) is 0 Å². The molecule has 0 bridgehead atoms. The Morgan fingerprint density at radius 2 is 0.720 bits per heavy atom. The Labute approximate surface area is 564 Å². The number of nitrogens with zero attached hydrogens (tertiary/aromatic N) is 1. The first-order chi connectivity index (χ1) is 43.8. The van der Waals surface area contributed by atoms with Crippen molar-refractivity contribution in [3.05, 3.63) is 0 Å². The van der Waals surface area contributed by atoms with Crippen LogP contribution in [0.5, 0.6) is 0 Å². The Bertz CT molecular complexity index is 2170. The Morgan fingerprint density at radius 1 is 0.441 bits per heavy atom. The lowest BCUT2D eigenvalue weighted by Crippen LogP contribution is -2.64. The maximum atomic E-state index is 11.9. The maximum Gasteiger partial charge on any atom is 0.324 e. The summed E-state index contributed by atoms with van der Waals surface area (Å²) in [5.41, 5.74) is -0.766. The molecule has 0 spiro atoms. The summed E-state index contributed by atoms with van der Waals surface area (Å²) >= 11 is 21.1. The average Bonchev–Trinajstić information content (AvgIpc) is 0.874. The Kier molecular flexibility index (Phi) is 41.6. The summed E-state index contributed by atoms with van der Waals surface area (Å²) in [5, 5.41) is 89.3. The van der Waals surface area contributed by atoms with Crippen LogP contribution in [-0.4, -0.2) is 281 Å². The van der Waals surface area contributed by atoms with Crippen LogP contribution >= 0.6 is 26.9 Å². The lowest BCUT2D eigenvalue weighted by molar-refractivity contribution is -0.270. The number of nitrogens with one attached hydrogen (secondary N) is 3. The third kappa shape index (κ3) is 32.2. The van der Waals surface area contributed by atoms with E-state index < -0.39 is 155 Å². The van der Waals surface area contributed by atoms with Gasteiger partial charge < -0.3 is 146 Å². The van der Waals surface area contributed by atoms with Gasteiger partial charge in [0.05, 0.1) is 78.3 Å². The van der Waals surface area contributed by atoms with Crippen LogP contribution in [0.2, 0.25) is 0 Å². The van der Waals surface area contributed by atoms with Gasteiger partial charge >= 0.3 is 26.9 Å². The monoisotopic (exact) mass is 1500 g/mol. The van der Waals surface area contributed by atoms with Crippen molar-refractivity contribution >= 4 is 91.8 Å². The SMILES string of the molecule is COP(O)(=S)OCCCN(C)C(CCCOP(O)(=S)OCCCCO[C@@H]1OC(CO)[C@H](O)[C@H](O)C1NC(C)=O)(CCCOP(O)(=S)OCCCCO[C@@H]1OC(CO)[C@H](C)C(O)[C@@H]1NC(C)=O)CCCOP(O)(=S)OCCCCO[C@@H]1OC(CO)[C@H](O)C(O)[C@@H]1NC(C)=O. The molecule has 548 valence electrons. The number of aliphatic hydroxyl groups excluding tert-OH is 8. The lowest BCUT2D eigenvalue weighted by atomic mass is 9.82. The molecule has 3 amide bonds. The summed E-state index contributed by atoms with van der Waals surface area (Å²) in [4.78, 5) is 81.1. The predicted molar refractivity (Wildman–Crippen MR) is 347 cm³/mol. The van der Waals surface area contributed by atoms with Gasteiger partial charge in [0, 0.05) is 65.7 Å². The highest BCUT2D eigenvalue weighted by Gasteiger charge is 2.48. The summed E-state index contributed by atoms with van der Waals surface area (Å²) in [5.74, 6) is -1.89. The number of aliphatic hydroxyl groups is 8. The second-order valence-corrected chi connectivity index (χ2v) is 34.1. The maximum absolute atomic E-state index is 11.9. The molecule has 15 N–H and O–H groups in total. The van der Waals surface area contributed by atoms with Crippen LogP contribution in [0.4, 0.5) is 0 Å². The van der Waals surface area contributed by atoms with Crippen molar-refractivity contribution in [2.24, 2.45) is 5.92 Å². The minimum absolute atomic E-state index is 0.00770. The fourth-order valence-corrected chi connectivity index (χ4v) is 14.8. The van der Waals surface area contributed by atoms with E-state index in [4.69, 9.17) is 112 Å². The quantitative estimate of drug-likeness (QED) is 0.0270. The van der Waals surface area contributed by atoms with Crippen molar-refractivity contribution in [2.45, 2.75) is 203 Å². The first-order valence-electron chi connectivity index (χ1n) is 30.7. The van der Waals surface area contributed by atoms with Crippen molar-refractivity contribution in [1.29, 1.82) is 0 Å². The zero-order chi connectivity index (χ0) is 69.6. The number of unbranched alkanes of at least 4 members (excludes halogenated alkanes) is 3. The molecule has 0 aromatic rings. The molecule has 3 saturated heterocycles. The number of hydrogen-bond acceptors (Lipinski definition) is 30. The number of carbonyl (C=O) groups is 3. The van der Waals surface area contributed by atoms with Crippen molar-refractivity contribution < 1.29 is 139 Å². The van der Waals surface area contributed by atoms with Gasteiger partial charge in [0.1, 0.15) is 54.7 Å². The lowest BCUT2D eigenvalue weighted by Gasteiger charge is -2.43. The molecule has 0 aliphatic carbocycles. The molecule has 3 rings (SSSR count). The third-order valence-corrected chi connectivity index (χ3v) is 22.1. The highest BCUT2D eigenvalue weighted by Crippen LogP contribution is 2.47. The second kappa shape index (κ2) is 44.3. The molecule has 3 heterocycles. The smallest absolute Gasteiger partial charge is 0.324 e. The van der Waals surface area contributed by atoms with E-state index in [1.165, 1.54) is 27.9 Å². The molecule has 0 saturated carbocycles. The van der Waals surface area contributed by atoms with Crippen LogP contribution in [0.25, 0.3) is 0 Å². The molecule has 0 aromatic heterocycles. The minimum Gasteiger partial charge on any atom is -0.394 e. The summed E-state index contributed by atoms with van der Waals surface area (Å²) in [6.07, 6.45) is -8.94. The van der Waals surface area contributed by atoms with Gasteiger partial charge in [-0.05, 0) is 138 Å². The molecule has 3 fully saturated rings. The number of carbonyl (C=O) groups excluding carboxylic acids is 3. The molecule has 11 unspecified atom stereocenters. The molecular weight excluding hydrogens is 1400 g/mol. The molecule has 41 heteroatoms. The highest BCUT2D eigenvalue weighted by molar-refractivity contribution is 8.08. The Morgan fingerprint density at radius 3 is 1.03 bits per heavy atom. The van der Waals surface area contributed by atoms with Gasteiger partial charge in [-0.2, -0.15) is 0 Å². The van der Waals surface area contributed by atoms with Crippen LogP contribution in [0.1, 0.15) is 111 Å². The third-order valence-electron chi connectivity index (χ3n) is 15.4. The second-order valence-electron chi connectivity index (χ2n) is 22.6. The largest absolute Gasteiger partial charge is 0.394 e. The van der Waals surface area contributed by atoms with Gasteiger partial charge in [-0.15, -0.1) is 0 Å². The van der Waals surface area contributed by atoms with Crippen molar-refractivity contribution in [3.8, 4) is 0 Å². The molecule has 0 radical (unpaired) electrons. The molecule has 33 nitrogen and oxygen atoms in total. The highest BCUT2D eigenvalue weighted by atomic mass is 32.5. The number of rotatable bonds is 49.